The maximum Gasteiger partial charge on any atom is 0.338 e. The molecule has 4 aromatic rings. The number of ether oxygens (including phenoxy) is 1. The number of hydrogen-bond donors (Lipinski definition) is 0. The zero-order valence-corrected chi connectivity index (χ0v) is 23.2. The van der Waals surface area contributed by atoms with Crippen molar-refractivity contribution in [2.45, 2.75) is 46.1 Å². The molecule has 5 rings (SSSR count). The molecule has 0 unspecified atom stereocenters. The SMILES string of the molecule is CC(C)[C@H]1CC[C@H](C)C[C@@H]1OC(=O)c1ccc(/C=C/c2ccc(/C=C/c3ccc4ccccc4c3)cc2)cc1. The molecule has 1 fully saturated rings. The number of hydrogen-bond acceptors (Lipinski definition) is 2. The van der Waals surface area contributed by atoms with E-state index in [-0.39, 0.29) is 12.1 Å². The second-order valence-electron chi connectivity index (χ2n) is 11.3. The third-order valence-corrected chi connectivity index (χ3v) is 8.01. The number of fused-ring (bicyclic) bond motifs is 1. The predicted molar refractivity (Wildman–Crippen MR) is 165 cm³/mol. The largest absolute Gasteiger partial charge is 0.458 e. The first-order valence-corrected chi connectivity index (χ1v) is 14.2. The van der Waals surface area contributed by atoms with Crippen LogP contribution in [-0.2, 0) is 4.74 Å². The van der Waals surface area contributed by atoms with Gasteiger partial charge in [0.25, 0.3) is 0 Å². The van der Waals surface area contributed by atoms with Crippen LogP contribution in [0.5, 0.6) is 0 Å². The molecule has 0 spiro atoms. The summed E-state index contributed by atoms with van der Waals surface area (Å²) in [5.74, 6) is 1.38. The molecule has 4 aromatic carbocycles. The molecule has 3 atom stereocenters. The fraction of sp³-hybridized carbons (Fsp3) is 0.270. The number of rotatable bonds is 7. The Morgan fingerprint density at radius 3 is 1.87 bits per heavy atom. The topological polar surface area (TPSA) is 26.3 Å². The van der Waals surface area contributed by atoms with Crippen LogP contribution in [-0.4, -0.2) is 12.1 Å². The van der Waals surface area contributed by atoms with Gasteiger partial charge >= 0.3 is 5.97 Å². The van der Waals surface area contributed by atoms with E-state index in [1.54, 1.807) is 0 Å². The van der Waals surface area contributed by atoms with Crippen molar-refractivity contribution < 1.29 is 9.53 Å². The molecule has 0 aliphatic heterocycles. The summed E-state index contributed by atoms with van der Waals surface area (Å²) in [4.78, 5) is 12.9. The summed E-state index contributed by atoms with van der Waals surface area (Å²) < 4.78 is 6.01. The first kappa shape index (κ1) is 26.7. The van der Waals surface area contributed by atoms with E-state index in [9.17, 15) is 4.79 Å². The van der Waals surface area contributed by atoms with Gasteiger partial charge in [0.15, 0.2) is 0 Å². The van der Waals surface area contributed by atoms with Crippen LogP contribution in [0, 0.1) is 17.8 Å². The van der Waals surface area contributed by atoms with Gasteiger partial charge in [-0.3, -0.25) is 0 Å². The predicted octanol–water partition coefficient (Wildman–Crippen LogP) is 9.80. The van der Waals surface area contributed by atoms with Gasteiger partial charge in [0.05, 0.1) is 5.56 Å². The van der Waals surface area contributed by atoms with Gasteiger partial charge in [0.2, 0.25) is 0 Å². The lowest BCUT2D eigenvalue weighted by atomic mass is 9.75. The standard InChI is InChI=1S/C37H38O2/c1-26(2)35-23-8-27(3)24-36(35)39-37(38)33-21-17-30(18-22-33)14-13-28-9-11-29(12-10-28)15-16-31-19-20-32-6-4-5-7-34(32)25-31/h4-7,9-22,25-27,35-36H,8,23-24H2,1-3H3/b14-13+,16-15+/t27-,35+,36-/m0/s1. The molecule has 2 nitrogen and oxygen atoms in total. The molecule has 0 heterocycles. The fourth-order valence-corrected chi connectivity index (χ4v) is 5.60. The molecular formula is C37H38O2. The molecule has 2 heteroatoms. The van der Waals surface area contributed by atoms with Gasteiger partial charge in [-0.05, 0) is 81.8 Å². The minimum atomic E-state index is -0.206. The molecule has 1 saturated carbocycles. The normalized spacial score (nSPS) is 19.7. The zero-order chi connectivity index (χ0) is 27.2. The number of carbonyl (C=O) groups is 1. The highest BCUT2D eigenvalue weighted by Gasteiger charge is 2.33. The lowest BCUT2D eigenvalue weighted by molar-refractivity contribution is -0.0174. The molecule has 39 heavy (non-hydrogen) atoms. The van der Waals surface area contributed by atoms with Crippen molar-refractivity contribution >= 4 is 41.0 Å². The Hall–Kier alpha value is -3.91. The van der Waals surface area contributed by atoms with E-state index in [0.29, 0.717) is 23.3 Å². The minimum Gasteiger partial charge on any atom is -0.458 e. The molecule has 0 aromatic heterocycles. The average molecular weight is 515 g/mol. The fourth-order valence-electron chi connectivity index (χ4n) is 5.60. The van der Waals surface area contributed by atoms with Crippen molar-refractivity contribution in [3.8, 4) is 0 Å². The van der Waals surface area contributed by atoms with Crippen LogP contribution in [0.2, 0.25) is 0 Å². The van der Waals surface area contributed by atoms with Crippen LogP contribution in [0.4, 0.5) is 0 Å². The third-order valence-electron chi connectivity index (χ3n) is 8.01. The molecule has 0 bridgehead atoms. The molecular weight excluding hydrogens is 476 g/mol. The van der Waals surface area contributed by atoms with Gasteiger partial charge < -0.3 is 4.74 Å². The highest BCUT2D eigenvalue weighted by molar-refractivity contribution is 5.90. The maximum absolute atomic E-state index is 12.9. The molecule has 198 valence electrons. The molecule has 0 amide bonds. The Balaban J connectivity index is 1.18. The lowest BCUT2D eigenvalue weighted by Crippen LogP contribution is -2.35. The molecule has 0 N–H and O–H groups in total. The summed E-state index contributed by atoms with van der Waals surface area (Å²) in [5.41, 5.74) is 5.16. The maximum atomic E-state index is 12.9. The smallest absolute Gasteiger partial charge is 0.338 e. The summed E-state index contributed by atoms with van der Waals surface area (Å²) in [7, 11) is 0. The second-order valence-corrected chi connectivity index (χ2v) is 11.3. The van der Waals surface area contributed by atoms with Gasteiger partial charge in [0.1, 0.15) is 6.10 Å². The summed E-state index contributed by atoms with van der Waals surface area (Å²) in [6.07, 6.45) is 11.8. The third kappa shape index (κ3) is 6.95. The van der Waals surface area contributed by atoms with E-state index in [4.69, 9.17) is 4.74 Å². The molecule has 1 aliphatic carbocycles. The van der Waals surface area contributed by atoms with Gasteiger partial charge in [-0.15, -0.1) is 0 Å². The molecule has 0 radical (unpaired) electrons. The zero-order valence-electron chi connectivity index (χ0n) is 23.2. The number of carbonyl (C=O) groups excluding carboxylic acids is 1. The Bertz CT molecular complexity index is 1460. The van der Waals surface area contributed by atoms with Crippen molar-refractivity contribution in [1.29, 1.82) is 0 Å². The van der Waals surface area contributed by atoms with Crippen LogP contribution < -0.4 is 0 Å². The van der Waals surface area contributed by atoms with Crippen LogP contribution >= 0.6 is 0 Å². The van der Waals surface area contributed by atoms with E-state index in [1.165, 1.54) is 22.8 Å². The first-order chi connectivity index (χ1) is 18.9. The summed E-state index contributed by atoms with van der Waals surface area (Å²) in [5, 5.41) is 2.51. The number of esters is 1. The summed E-state index contributed by atoms with van der Waals surface area (Å²) >= 11 is 0. The van der Waals surface area contributed by atoms with E-state index >= 15 is 0 Å². The first-order valence-electron chi connectivity index (χ1n) is 14.2. The van der Waals surface area contributed by atoms with Crippen LogP contribution in [0.3, 0.4) is 0 Å². The number of benzene rings is 4. The Kier molecular flexibility index (Phi) is 8.42. The van der Waals surface area contributed by atoms with Gasteiger partial charge in [-0.2, -0.15) is 0 Å². The Labute approximate surface area is 233 Å². The van der Waals surface area contributed by atoms with E-state index in [2.05, 4.69) is 112 Å². The monoisotopic (exact) mass is 514 g/mol. The van der Waals surface area contributed by atoms with Crippen molar-refractivity contribution in [1.82, 2.24) is 0 Å². The van der Waals surface area contributed by atoms with Gasteiger partial charge in [0, 0.05) is 0 Å². The molecule has 1 aliphatic rings. The Morgan fingerprint density at radius 2 is 1.26 bits per heavy atom. The van der Waals surface area contributed by atoms with Crippen molar-refractivity contribution in [2.24, 2.45) is 17.8 Å². The van der Waals surface area contributed by atoms with E-state index < -0.39 is 0 Å². The van der Waals surface area contributed by atoms with Crippen molar-refractivity contribution in [3.05, 3.63) is 119 Å². The van der Waals surface area contributed by atoms with E-state index in [1.807, 2.05) is 24.3 Å². The van der Waals surface area contributed by atoms with Gasteiger partial charge in [-0.1, -0.05) is 124 Å². The average Bonchev–Trinajstić information content (AvgIpc) is 2.95. The second kappa shape index (κ2) is 12.3. The highest BCUT2D eigenvalue weighted by atomic mass is 16.5. The highest BCUT2D eigenvalue weighted by Crippen LogP contribution is 2.35. The van der Waals surface area contributed by atoms with Crippen LogP contribution in [0.15, 0.2) is 91.0 Å². The molecule has 0 saturated heterocycles. The van der Waals surface area contributed by atoms with Gasteiger partial charge in [-0.25, -0.2) is 4.79 Å². The van der Waals surface area contributed by atoms with Crippen molar-refractivity contribution in [3.63, 3.8) is 0 Å². The Morgan fingerprint density at radius 1 is 0.718 bits per heavy atom. The van der Waals surface area contributed by atoms with E-state index in [0.717, 1.165) is 29.5 Å². The van der Waals surface area contributed by atoms with Crippen molar-refractivity contribution in [2.75, 3.05) is 0 Å². The van der Waals surface area contributed by atoms with Crippen LogP contribution in [0.25, 0.3) is 35.1 Å². The minimum absolute atomic E-state index is 0.0196. The quantitative estimate of drug-likeness (QED) is 0.181. The summed E-state index contributed by atoms with van der Waals surface area (Å²) in [6, 6.07) is 31.2. The summed E-state index contributed by atoms with van der Waals surface area (Å²) in [6.45, 7) is 6.73. The van der Waals surface area contributed by atoms with Crippen LogP contribution in [0.1, 0.15) is 72.6 Å². The lowest BCUT2D eigenvalue weighted by Gasteiger charge is -2.36.